The highest BCUT2D eigenvalue weighted by atomic mass is 32.1. The molecule has 132 valence electrons. The molecule has 26 heavy (non-hydrogen) atoms. The average Bonchev–Trinajstić information content (AvgIpc) is 3.23. The summed E-state index contributed by atoms with van der Waals surface area (Å²) in [5, 5.41) is 7.68. The van der Waals surface area contributed by atoms with Gasteiger partial charge in [0.1, 0.15) is 5.75 Å². The number of carbonyl (C=O) groups excluding carboxylic acids is 2. The fourth-order valence-electron chi connectivity index (χ4n) is 2.47. The first-order chi connectivity index (χ1) is 12.7. The quantitative estimate of drug-likeness (QED) is 0.493. The molecule has 0 saturated heterocycles. The maximum atomic E-state index is 12.9. The van der Waals surface area contributed by atoms with Gasteiger partial charge < -0.3 is 15.4 Å². The van der Waals surface area contributed by atoms with Gasteiger partial charge in [-0.3, -0.25) is 9.59 Å². The van der Waals surface area contributed by atoms with Crippen LogP contribution in [0.3, 0.4) is 0 Å². The Balaban J connectivity index is 1.88. The van der Waals surface area contributed by atoms with E-state index in [2.05, 4.69) is 10.6 Å². The summed E-state index contributed by atoms with van der Waals surface area (Å²) in [6.07, 6.45) is -0.928. The van der Waals surface area contributed by atoms with Crippen molar-refractivity contribution in [2.24, 2.45) is 0 Å². The zero-order chi connectivity index (χ0) is 18.4. The topological polar surface area (TPSA) is 67.4 Å². The largest absolute Gasteiger partial charge is 0.495 e. The number of benzene rings is 2. The van der Waals surface area contributed by atoms with Crippen LogP contribution >= 0.6 is 11.3 Å². The van der Waals surface area contributed by atoms with Crippen LogP contribution in [0.4, 0.5) is 5.69 Å². The second kappa shape index (κ2) is 8.31. The molecule has 2 N–H and O–H groups in total. The van der Waals surface area contributed by atoms with E-state index in [0.29, 0.717) is 21.9 Å². The number of anilines is 1. The van der Waals surface area contributed by atoms with E-state index in [1.54, 1.807) is 55.6 Å². The Morgan fingerprint density at radius 3 is 2.38 bits per heavy atom. The van der Waals surface area contributed by atoms with E-state index in [0.717, 1.165) is 0 Å². The van der Waals surface area contributed by atoms with Crippen LogP contribution in [0, 0.1) is 0 Å². The lowest BCUT2D eigenvalue weighted by Crippen LogP contribution is -2.46. The summed E-state index contributed by atoms with van der Waals surface area (Å²) in [5.74, 6) is 0.0434. The van der Waals surface area contributed by atoms with Crippen molar-refractivity contribution in [3.05, 3.63) is 82.6 Å². The van der Waals surface area contributed by atoms with E-state index in [4.69, 9.17) is 4.74 Å². The number of hydrogen-bond acceptors (Lipinski definition) is 5. The first-order valence-electron chi connectivity index (χ1n) is 8.02. The molecule has 1 amide bonds. The minimum atomic E-state index is -0.928. The number of ether oxygens (including phenoxy) is 1. The summed E-state index contributed by atoms with van der Waals surface area (Å²) in [5.41, 5.74) is 1.13. The van der Waals surface area contributed by atoms with Crippen LogP contribution in [-0.4, -0.2) is 25.0 Å². The lowest BCUT2D eigenvalue weighted by molar-refractivity contribution is 0.0871. The highest BCUT2D eigenvalue weighted by molar-refractivity contribution is 7.12. The van der Waals surface area contributed by atoms with Gasteiger partial charge in [0.25, 0.3) is 5.91 Å². The van der Waals surface area contributed by atoms with Gasteiger partial charge in [-0.25, -0.2) is 0 Å². The van der Waals surface area contributed by atoms with E-state index >= 15 is 0 Å². The highest BCUT2D eigenvalue weighted by Gasteiger charge is 2.24. The third-order valence-corrected chi connectivity index (χ3v) is 4.62. The van der Waals surface area contributed by atoms with Gasteiger partial charge in [0, 0.05) is 5.56 Å². The number of thiophene rings is 1. The molecular formula is C20H18N2O3S. The third-order valence-electron chi connectivity index (χ3n) is 3.75. The van der Waals surface area contributed by atoms with Gasteiger partial charge in [-0.05, 0) is 23.6 Å². The van der Waals surface area contributed by atoms with Crippen molar-refractivity contribution in [3.63, 3.8) is 0 Å². The molecule has 3 rings (SSSR count). The summed E-state index contributed by atoms with van der Waals surface area (Å²) in [4.78, 5) is 26.0. The number of Topliss-reactive ketones (excluding diaryl/α,β-unsaturated/α-hetero) is 1. The smallest absolute Gasteiger partial charge is 0.263 e. The van der Waals surface area contributed by atoms with E-state index in [1.807, 2.05) is 23.6 Å². The van der Waals surface area contributed by atoms with E-state index in [1.165, 1.54) is 11.3 Å². The minimum Gasteiger partial charge on any atom is -0.495 e. The first kappa shape index (κ1) is 17.7. The molecule has 1 heterocycles. The zero-order valence-corrected chi connectivity index (χ0v) is 15.0. The number of amides is 1. The second-order valence-corrected chi connectivity index (χ2v) is 6.41. The Morgan fingerprint density at radius 1 is 0.962 bits per heavy atom. The first-order valence-corrected chi connectivity index (χ1v) is 8.90. The van der Waals surface area contributed by atoms with Crippen molar-refractivity contribution >= 4 is 28.7 Å². The van der Waals surface area contributed by atoms with Crippen molar-refractivity contribution in [3.8, 4) is 5.75 Å². The second-order valence-electron chi connectivity index (χ2n) is 5.46. The van der Waals surface area contributed by atoms with Gasteiger partial charge in [0.05, 0.1) is 17.7 Å². The molecule has 0 saturated carbocycles. The highest BCUT2D eigenvalue weighted by Crippen LogP contribution is 2.24. The predicted octanol–water partition coefficient (Wildman–Crippen LogP) is 3.81. The van der Waals surface area contributed by atoms with Gasteiger partial charge in [-0.15, -0.1) is 11.3 Å². The maximum absolute atomic E-state index is 12.9. The normalized spacial score (nSPS) is 11.4. The number of methoxy groups -OCH3 is 1. The van der Waals surface area contributed by atoms with Gasteiger partial charge in [-0.1, -0.05) is 48.5 Å². The molecule has 3 aromatic rings. The number of rotatable bonds is 7. The molecule has 0 fully saturated rings. The molecule has 0 bridgehead atoms. The summed E-state index contributed by atoms with van der Waals surface area (Å²) in [7, 11) is 1.55. The van der Waals surface area contributed by atoms with Crippen LogP contribution < -0.4 is 15.4 Å². The van der Waals surface area contributed by atoms with Crippen molar-refractivity contribution in [2.75, 3.05) is 12.4 Å². The molecule has 1 atom stereocenters. The monoisotopic (exact) mass is 366 g/mol. The third kappa shape index (κ3) is 4.10. The van der Waals surface area contributed by atoms with Crippen LogP contribution in [0.5, 0.6) is 5.75 Å². The van der Waals surface area contributed by atoms with Gasteiger partial charge in [0.2, 0.25) is 5.78 Å². The Hall–Kier alpha value is -3.12. The van der Waals surface area contributed by atoms with E-state index in [9.17, 15) is 9.59 Å². The van der Waals surface area contributed by atoms with Crippen molar-refractivity contribution < 1.29 is 14.3 Å². The SMILES string of the molecule is COc1ccccc1N[C@@H](NC(=O)c1cccs1)C(=O)c1ccccc1. The van der Waals surface area contributed by atoms with Crippen LogP contribution in [0.15, 0.2) is 72.1 Å². The molecule has 1 aromatic heterocycles. The lowest BCUT2D eigenvalue weighted by Gasteiger charge is -2.21. The number of hydrogen-bond donors (Lipinski definition) is 2. The van der Waals surface area contributed by atoms with Crippen molar-refractivity contribution in [2.45, 2.75) is 6.17 Å². The fraction of sp³-hybridized carbons (Fsp3) is 0.100. The fourth-order valence-corrected chi connectivity index (χ4v) is 3.09. The van der Waals surface area contributed by atoms with Crippen molar-refractivity contribution in [1.82, 2.24) is 5.32 Å². The minimum absolute atomic E-state index is 0.235. The molecule has 0 spiro atoms. The number of para-hydroxylation sites is 2. The lowest BCUT2D eigenvalue weighted by atomic mass is 10.1. The van der Waals surface area contributed by atoms with Crippen LogP contribution in [0.1, 0.15) is 20.0 Å². The van der Waals surface area contributed by atoms with Crippen LogP contribution in [-0.2, 0) is 0 Å². The summed E-state index contributed by atoms with van der Waals surface area (Å²) in [6, 6.07) is 19.6. The molecule has 0 aliphatic rings. The molecule has 0 aliphatic carbocycles. The van der Waals surface area contributed by atoms with Crippen LogP contribution in [0.25, 0.3) is 0 Å². The molecule has 2 aromatic carbocycles. The van der Waals surface area contributed by atoms with Gasteiger partial charge >= 0.3 is 0 Å². The Bertz CT molecular complexity index is 879. The number of carbonyl (C=O) groups is 2. The standard InChI is InChI=1S/C20H18N2O3S/c1-25-16-11-6-5-10-15(16)21-19(18(23)14-8-3-2-4-9-14)22-20(24)17-12-7-13-26-17/h2-13,19,21H,1H3,(H,22,24)/t19-/m0/s1. The zero-order valence-electron chi connectivity index (χ0n) is 14.1. The molecule has 5 nitrogen and oxygen atoms in total. The molecule has 0 radical (unpaired) electrons. The Morgan fingerprint density at radius 2 is 1.69 bits per heavy atom. The Labute approximate surface area is 155 Å². The number of nitrogens with one attached hydrogen (secondary N) is 2. The molecule has 0 aliphatic heterocycles. The number of ketones is 1. The van der Waals surface area contributed by atoms with E-state index < -0.39 is 6.17 Å². The van der Waals surface area contributed by atoms with Gasteiger partial charge in [0.15, 0.2) is 6.17 Å². The van der Waals surface area contributed by atoms with E-state index in [-0.39, 0.29) is 11.7 Å². The van der Waals surface area contributed by atoms with Crippen LogP contribution in [0.2, 0.25) is 0 Å². The molecule has 6 heteroatoms. The maximum Gasteiger partial charge on any atom is 0.263 e. The molecular weight excluding hydrogens is 348 g/mol. The summed E-state index contributed by atoms with van der Waals surface area (Å²) >= 11 is 1.32. The summed E-state index contributed by atoms with van der Waals surface area (Å²) in [6.45, 7) is 0. The van der Waals surface area contributed by atoms with Gasteiger partial charge in [-0.2, -0.15) is 0 Å². The Kier molecular flexibility index (Phi) is 5.66. The predicted molar refractivity (Wildman–Crippen MR) is 103 cm³/mol. The molecule has 0 unspecified atom stereocenters. The average molecular weight is 366 g/mol. The van der Waals surface area contributed by atoms with Crippen molar-refractivity contribution in [1.29, 1.82) is 0 Å². The summed E-state index contributed by atoms with van der Waals surface area (Å²) < 4.78 is 5.32.